The van der Waals surface area contributed by atoms with Crippen molar-refractivity contribution >= 4 is 30.2 Å². The van der Waals surface area contributed by atoms with E-state index in [0.29, 0.717) is 19.5 Å². The molecule has 0 radical (unpaired) electrons. The van der Waals surface area contributed by atoms with Crippen LogP contribution in [0.1, 0.15) is 12.0 Å². The lowest BCUT2D eigenvalue weighted by molar-refractivity contribution is -0.122. The van der Waals surface area contributed by atoms with Gasteiger partial charge < -0.3 is 10.6 Å². The second-order valence-corrected chi connectivity index (χ2v) is 4.93. The Bertz CT molecular complexity index is 646. The minimum absolute atomic E-state index is 0. The van der Waals surface area contributed by atoms with Crippen molar-refractivity contribution in [3.8, 4) is 0 Å². The molecule has 9 heteroatoms. The molecule has 0 fully saturated rings. The highest BCUT2D eigenvalue weighted by molar-refractivity contribution is 5.88. The number of hydrogen-bond donors (Lipinski definition) is 3. The Morgan fingerprint density at radius 3 is 2.62 bits per heavy atom. The van der Waals surface area contributed by atoms with Crippen LogP contribution in [0.2, 0.25) is 0 Å². The molecule has 24 heavy (non-hydrogen) atoms. The summed E-state index contributed by atoms with van der Waals surface area (Å²) in [5.41, 5.74) is 1.02. The second-order valence-electron chi connectivity index (χ2n) is 4.93. The van der Waals surface area contributed by atoms with Gasteiger partial charge in [0.25, 0.3) is 0 Å². The third kappa shape index (κ3) is 6.76. The molecule has 0 saturated carbocycles. The Morgan fingerprint density at radius 1 is 1.17 bits per heavy atom. The van der Waals surface area contributed by atoms with Gasteiger partial charge >= 0.3 is 0 Å². The highest BCUT2D eigenvalue weighted by atomic mass is 35.5. The molecule has 8 nitrogen and oxygen atoms in total. The molecule has 0 aliphatic heterocycles. The smallest absolute Gasteiger partial charge is 0.248 e. The van der Waals surface area contributed by atoms with Gasteiger partial charge in [-0.05, 0) is 12.6 Å². The van der Waals surface area contributed by atoms with Crippen molar-refractivity contribution < 1.29 is 9.59 Å². The topological polar surface area (TPSA) is 101 Å². The third-order valence-electron chi connectivity index (χ3n) is 3.03. The second kappa shape index (κ2) is 10.3. The van der Waals surface area contributed by atoms with Crippen LogP contribution in [0.15, 0.2) is 36.7 Å². The number of carbonyl (C=O) groups is 2. The van der Waals surface area contributed by atoms with E-state index in [1.54, 1.807) is 7.05 Å². The zero-order chi connectivity index (χ0) is 16.5. The van der Waals surface area contributed by atoms with E-state index in [4.69, 9.17) is 0 Å². The van der Waals surface area contributed by atoms with E-state index in [1.807, 2.05) is 30.3 Å². The normalized spacial score (nSPS) is 9.88. The van der Waals surface area contributed by atoms with Crippen molar-refractivity contribution in [1.29, 1.82) is 0 Å². The van der Waals surface area contributed by atoms with Gasteiger partial charge in [0, 0.05) is 19.5 Å². The van der Waals surface area contributed by atoms with E-state index in [9.17, 15) is 9.59 Å². The molecule has 0 spiro atoms. The molecule has 3 N–H and O–H groups in total. The van der Waals surface area contributed by atoms with Crippen LogP contribution < -0.4 is 16.0 Å². The number of halogens is 1. The molecular weight excluding hydrogens is 332 g/mol. The minimum Gasteiger partial charge on any atom is -0.350 e. The van der Waals surface area contributed by atoms with Crippen LogP contribution in [0.4, 0.5) is 5.95 Å². The molecule has 0 aliphatic carbocycles. The number of nitrogens with zero attached hydrogens (tertiary/aromatic N) is 3. The number of nitrogens with one attached hydrogen (secondary N) is 3. The highest BCUT2D eigenvalue weighted by Crippen LogP contribution is 1.99. The molecular formula is C15H21ClN6O2. The van der Waals surface area contributed by atoms with E-state index < -0.39 is 0 Å². The molecule has 1 heterocycles. The first kappa shape index (κ1) is 19.6. The van der Waals surface area contributed by atoms with Crippen LogP contribution in [0.3, 0.4) is 0 Å². The fraction of sp³-hybridized carbons (Fsp3) is 0.333. The van der Waals surface area contributed by atoms with Gasteiger partial charge in [-0.2, -0.15) is 0 Å². The molecule has 1 aromatic heterocycles. The third-order valence-corrected chi connectivity index (χ3v) is 3.03. The van der Waals surface area contributed by atoms with Crippen LogP contribution in [0, 0.1) is 0 Å². The van der Waals surface area contributed by atoms with E-state index in [1.165, 1.54) is 11.0 Å². The van der Waals surface area contributed by atoms with Crippen LogP contribution >= 0.6 is 12.4 Å². The summed E-state index contributed by atoms with van der Waals surface area (Å²) in [5, 5.41) is 12.3. The summed E-state index contributed by atoms with van der Waals surface area (Å²) in [6.45, 7) is 1.09. The number of hydrogen-bond acceptors (Lipinski definition) is 5. The predicted molar refractivity (Wildman–Crippen MR) is 92.7 cm³/mol. The molecule has 0 saturated heterocycles. The molecule has 0 unspecified atom stereocenters. The van der Waals surface area contributed by atoms with Gasteiger partial charge in [0.05, 0.1) is 0 Å². The molecule has 2 amide bonds. The Morgan fingerprint density at radius 2 is 1.92 bits per heavy atom. The summed E-state index contributed by atoms with van der Waals surface area (Å²) in [4.78, 5) is 27.4. The maximum absolute atomic E-state index is 11.9. The summed E-state index contributed by atoms with van der Waals surface area (Å²) in [6.07, 6.45) is 1.75. The predicted octanol–water partition coefficient (Wildman–Crippen LogP) is 0.564. The first-order valence-corrected chi connectivity index (χ1v) is 7.32. The fourth-order valence-corrected chi connectivity index (χ4v) is 1.85. The lowest BCUT2D eigenvalue weighted by Gasteiger charge is -2.05. The Kier molecular flexibility index (Phi) is 8.45. The Labute approximate surface area is 146 Å². The van der Waals surface area contributed by atoms with Crippen LogP contribution in [-0.2, 0) is 22.7 Å². The fourth-order valence-electron chi connectivity index (χ4n) is 1.85. The summed E-state index contributed by atoms with van der Waals surface area (Å²) < 4.78 is 1.38. The molecule has 130 valence electrons. The van der Waals surface area contributed by atoms with Crippen LogP contribution in [0.25, 0.3) is 0 Å². The maximum Gasteiger partial charge on any atom is 0.248 e. The number of carbonyl (C=O) groups excluding carboxylic acids is 2. The van der Waals surface area contributed by atoms with Gasteiger partial charge in [-0.15, -0.1) is 17.5 Å². The van der Waals surface area contributed by atoms with Crippen molar-refractivity contribution in [1.82, 2.24) is 25.4 Å². The maximum atomic E-state index is 11.9. The SMILES string of the molecule is CNCCC(=O)Nc1ncn(CC(=O)NCc2ccccc2)n1.Cl. The molecule has 0 aliphatic rings. The van der Waals surface area contributed by atoms with Gasteiger partial charge in [0.2, 0.25) is 17.8 Å². The number of aromatic nitrogens is 3. The number of benzene rings is 1. The van der Waals surface area contributed by atoms with Gasteiger partial charge in [-0.25, -0.2) is 9.67 Å². The average Bonchev–Trinajstić information content (AvgIpc) is 2.98. The van der Waals surface area contributed by atoms with Crippen LogP contribution in [-0.4, -0.2) is 40.2 Å². The average molecular weight is 353 g/mol. The van der Waals surface area contributed by atoms with Crippen molar-refractivity contribution in [2.75, 3.05) is 18.9 Å². The van der Waals surface area contributed by atoms with Crippen molar-refractivity contribution in [3.63, 3.8) is 0 Å². The summed E-state index contributed by atoms with van der Waals surface area (Å²) >= 11 is 0. The molecule has 2 rings (SSSR count). The highest BCUT2D eigenvalue weighted by Gasteiger charge is 2.08. The van der Waals surface area contributed by atoms with Gasteiger partial charge in [-0.3, -0.25) is 14.9 Å². The van der Waals surface area contributed by atoms with Crippen molar-refractivity contribution in [2.45, 2.75) is 19.5 Å². The number of rotatable bonds is 8. The van der Waals surface area contributed by atoms with Crippen molar-refractivity contribution in [2.24, 2.45) is 0 Å². The zero-order valence-corrected chi connectivity index (χ0v) is 14.2. The summed E-state index contributed by atoms with van der Waals surface area (Å²) in [7, 11) is 1.77. The van der Waals surface area contributed by atoms with E-state index >= 15 is 0 Å². The first-order chi connectivity index (χ1) is 11.2. The Hall–Kier alpha value is -2.45. The lowest BCUT2D eigenvalue weighted by atomic mass is 10.2. The summed E-state index contributed by atoms with van der Waals surface area (Å²) in [6, 6.07) is 9.64. The van der Waals surface area contributed by atoms with Gasteiger partial charge in [-0.1, -0.05) is 30.3 Å². The molecule has 0 atom stereocenters. The molecule has 1 aromatic carbocycles. The number of anilines is 1. The van der Waals surface area contributed by atoms with E-state index in [0.717, 1.165) is 5.56 Å². The van der Waals surface area contributed by atoms with E-state index in [2.05, 4.69) is 26.0 Å². The molecule has 0 bridgehead atoms. The van der Waals surface area contributed by atoms with Crippen molar-refractivity contribution in [3.05, 3.63) is 42.2 Å². The zero-order valence-electron chi connectivity index (χ0n) is 13.4. The van der Waals surface area contributed by atoms with E-state index in [-0.39, 0.29) is 36.7 Å². The lowest BCUT2D eigenvalue weighted by Crippen LogP contribution is -2.27. The molecule has 2 aromatic rings. The number of amides is 2. The quantitative estimate of drug-likeness (QED) is 0.644. The first-order valence-electron chi connectivity index (χ1n) is 7.32. The largest absolute Gasteiger partial charge is 0.350 e. The van der Waals surface area contributed by atoms with Gasteiger partial charge in [0.15, 0.2) is 0 Å². The monoisotopic (exact) mass is 352 g/mol. The van der Waals surface area contributed by atoms with Crippen LogP contribution in [0.5, 0.6) is 0 Å². The van der Waals surface area contributed by atoms with Gasteiger partial charge in [0.1, 0.15) is 12.9 Å². The Balaban J connectivity index is 0.00000288. The standard InChI is InChI=1S/C15H20N6O2.ClH/c1-16-8-7-13(22)19-15-18-11-21(20-15)10-14(23)17-9-12-5-3-2-4-6-12;/h2-6,11,16H,7-10H2,1H3,(H,17,23)(H,19,20,22);1H. The summed E-state index contributed by atoms with van der Waals surface area (Å²) in [5.74, 6) is -0.153. The minimum atomic E-state index is -0.175.